The predicted molar refractivity (Wildman–Crippen MR) is 59.7 cm³/mol. The topological polar surface area (TPSA) is 62.3 Å². The largest absolute Gasteiger partial charge is 0.402 e. The molecule has 0 aliphatic rings. The molecule has 1 rings (SSSR count). The minimum Gasteiger partial charge on any atom is -0.373 e. The van der Waals surface area contributed by atoms with Gasteiger partial charge in [-0.3, -0.25) is 0 Å². The van der Waals surface area contributed by atoms with Crippen LogP contribution in [0.5, 0.6) is 0 Å². The van der Waals surface area contributed by atoms with E-state index in [1.54, 1.807) is 0 Å². The monoisotopic (exact) mass is 283 g/mol. The number of halogens is 3. The summed E-state index contributed by atoms with van der Waals surface area (Å²) in [5, 5.41) is 2.61. The number of aromatic nitrogens is 1. The van der Waals surface area contributed by atoms with Crippen molar-refractivity contribution in [2.24, 2.45) is 0 Å². The Kier molecular flexibility index (Phi) is 4.17. The average molecular weight is 283 g/mol. The van der Waals surface area contributed by atoms with Crippen molar-refractivity contribution in [1.29, 1.82) is 0 Å². The van der Waals surface area contributed by atoms with E-state index >= 15 is 0 Å². The highest BCUT2D eigenvalue weighted by molar-refractivity contribution is 7.89. The fourth-order valence-corrected chi connectivity index (χ4v) is 2.40. The molecular formula is C9H12F3N3O2S. The molecule has 18 heavy (non-hydrogen) atoms. The Labute approximate surface area is 103 Å². The van der Waals surface area contributed by atoms with Crippen LogP contribution in [0.25, 0.3) is 0 Å². The summed E-state index contributed by atoms with van der Waals surface area (Å²) in [7, 11) is -1.77. The first-order valence-corrected chi connectivity index (χ1v) is 6.28. The van der Waals surface area contributed by atoms with E-state index in [1.165, 1.54) is 19.3 Å². The van der Waals surface area contributed by atoms with Gasteiger partial charge in [0.1, 0.15) is 12.4 Å². The number of hydrogen-bond acceptors (Lipinski definition) is 4. The van der Waals surface area contributed by atoms with Crippen LogP contribution >= 0.6 is 0 Å². The van der Waals surface area contributed by atoms with Gasteiger partial charge in [-0.2, -0.15) is 17.5 Å². The van der Waals surface area contributed by atoms with E-state index < -0.39 is 22.7 Å². The summed E-state index contributed by atoms with van der Waals surface area (Å²) in [5.41, 5.74) is 0. The lowest BCUT2D eigenvalue weighted by atomic mass is 10.5. The maximum Gasteiger partial charge on any atom is 0.402 e. The first kappa shape index (κ1) is 14.7. The summed E-state index contributed by atoms with van der Waals surface area (Å²) in [6.07, 6.45) is -3.37. The number of hydrogen-bond donors (Lipinski definition) is 1. The normalized spacial score (nSPS) is 12.8. The van der Waals surface area contributed by atoms with Crippen molar-refractivity contribution in [3.63, 3.8) is 0 Å². The second-order valence-corrected chi connectivity index (χ2v) is 5.55. The number of anilines is 1. The standard InChI is InChI=1S/C9H12F3N3O2S/c1-13-8-5-7(3-4-14-8)18(16,17)15(2)6-9(10,11)12/h3-5H,6H2,1-2H3,(H,13,14). The SMILES string of the molecule is CNc1cc(S(=O)(=O)N(C)CC(F)(F)F)ccn1. The van der Waals surface area contributed by atoms with Crippen LogP contribution in [0.2, 0.25) is 0 Å². The molecule has 0 atom stereocenters. The molecule has 1 aromatic heterocycles. The third kappa shape index (κ3) is 3.57. The fourth-order valence-electron chi connectivity index (χ4n) is 1.23. The van der Waals surface area contributed by atoms with Crippen molar-refractivity contribution in [1.82, 2.24) is 9.29 Å². The van der Waals surface area contributed by atoms with E-state index in [2.05, 4.69) is 10.3 Å². The first-order valence-electron chi connectivity index (χ1n) is 4.84. The summed E-state index contributed by atoms with van der Waals surface area (Å²) in [6, 6.07) is 2.31. The van der Waals surface area contributed by atoms with Gasteiger partial charge in [0.15, 0.2) is 0 Å². The van der Waals surface area contributed by atoms with Crippen molar-refractivity contribution in [2.75, 3.05) is 26.0 Å². The van der Waals surface area contributed by atoms with Crippen LogP contribution < -0.4 is 5.32 Å². The Balaban J connectivity index is 3.05. The smallest absolute Gasteiger partial charge is 0.373 e. The van der Waals surface area contributed by atoms with Gasteiger partial charge in [0, 0.05) is 26.4 Å². The van der Waals surface area contributed by atoms with Gasteiger partial charge >= 0.3 is 6.18 Å². The molecule has 0 aliphatic carbocycles. The van der Waals surface area contributed by atoms with Crippen molar-refractivity contribution >= 4 is 15.8 Å². The van der Waals surface area contributed by atoms with Crippen LogP contribution in [-0.2, 0) is 10.0 Å². The fraction of sp³-hybridized carbons (Fsp3) is 0.444. The highest BCUT2D eigenvalue weighted by atomic mass is 32.2. The van der Waals surface area contributed by atoms with Crippen molar-refractivity contribution in [2.45, 2.75) is 11.1 Å². The number of alkyl halides is 3. The Morgan fingerprint density at radius 2 is 2.06 bits per heavy atom. The Hall–Kier alpha value is -1.35. The molecule has 5 nitrogen and oxygen atoms in total. The van der Waals surface area contributed by atoms with Crippen LogP contribution in [0.15, 0.2) is 23.2 Å². The molecule has 0 bridgehead atoms. The zero-order valence-electron chi connectivity index (χ0n) is 9.69. The Morgan fingerprint density at radius 1 is 1.44 bits per heavy atom. The van der Waals surface area contributed by atoms with Gasteiger partial charge in [-0.05, 0) is 6.07 Å². The lowest BCUT2D eigenvalue weighted by Crippen LogP contribution is -2.35. The maximum atomic E-state index is 12.2. The van der Waals surface area contributed by atoms with E-state index in [4.69, 9.17) is 0 Å². The third-order valence-corrected chi connectivity index (χ3v) is 3.90. The molecule has 0 aromatic carbocycles. The van der Waals surface area contributed by atoms with Crippen LogP contribution in [-0.4, -0.2) is 44.5 Å². The summed E-state index contributed by atoms with van der Waals surface area (Å²) in [5.74, 6) is 0.261. The summed E-state index contributed by atoms with van der Waals surface area (Å²) < 4.78 is 60.4. The van der Waals surface area contributed by atoms with Crippen molar-refractivity contribution < 1.29 is 21.6 Å². The molecule has 0 amide bonds. The molecule has 0 saturated carbocycles. The third-order valence-electron chi connectivity index (χ3n) is 2.10. The molecule has 1 aromatic rings. The molecular weight excluding hydrogens is 271 g/mol. The highest BCUT2D eigenvalue weighted by Crippen LogP contribution is 2.22. The molecule has 0 spiro atoms. The van der Waals surface area contributed by atoms with E-state index in [0.29, 0.717) is 0 Å². The minimum atomic E-state index is -4.58. The number of nitrogens with one attached hydrogen (secondary N) is 1. The lowest BCUT2D eigenvalue weighted by molar-refractivity contribution is -0.134. The van der Waals surface area contributed by atoms with Crippen molar-refractivity contribution in [3.8, 4) is 0 Å². The first-order chi connectivity index (χ1) is 8.16. The van der Waals surface area contributed by atoms with E-state index in [-0.39, 0.29) is 15.0 Å². The maximum absolute atomic E-state index is 12.2. The lowest BCUT2D eigenvalue weighted by Gasteiger charge is -2.18. The van der Waals surface area contributed by atoms with Crippen LogP contribution in [0.4, 0.5) is 19.0 Å². The van der Waals surface area contributed by atoms with E-state index in [0.717, 1.165) is 13.1 Å². The van der Waals surface area contributed by atoms with Crippen LogP contribution in [0, 0.1) is 0 Å². The Morgan fingerprint density at radius 3 is 2.56 bits per heavy atom. The van der Waals surface area contributed by atoms with Crippen LogP contribution in [0.3, 0.4) is 0 Å². The summed E-state index contributed by atoms with van der Waals surface area (Å²) >= 11 is 0. The summed E-state index contributed by atoms with van der Waals surface area (Å²) in [6.45, 7) is -1.54. The molecule has 0 aliphatic heterocycles. The zero-order valence-corrected chi connectivity index (χ0v) is 10.5. The molecule has 0 radical (unpaired) electrons. The van der Waals surface area contributed by atoms with Gasteiger partial charge in [-0.25, -0.2) is 13.4 Å². The van der Waals surface area contributed by atoms with Gasteiger partial charge in [0.2, 0.25) is 10.0 Å². The molecule has 0 saturated heterocycles. The molecule has 102 valence electrons. The van der Waals surface area contributed by atoms with Crippen molar-refractivity contribution in [3.05, 3.63) is 18.3 Å². The molecule has 1 N–H and O–H groups in total. The van der Waals surface area contributed by atoms with Crippen LogP contribution in [0.1, 0.15) is 0 Å². The van der Waals surface area contributed by atoms with Gasteiger partial charge in [0.05, 0.1) is 4.90 Å². The molecule has 9 heteroatoms. The zero-order chi connectivity index (χ0) is 14.0. The van der Waals surface area contributed by atoms with E-state index in [1.807, 2.05) is 0 Å². The second kappa shape index (κ2) is 5.11. The van der Waals surface area contributed by atoms with Gasteiger partial charge in [-0.1, -0.05) is 0 Å². The minimum absolute atomic E-state index is 0.242. The molecule has 1 heterocycles. The quantitative estimate of drug-likeness (QED) is 0.905. The highest BCUT2D eigenvalue weighted by Gasteiger charge is 2.34. The predicted octanol–water partition coefficient (Wildman–Crippen LogP) is 1.31. The summed E-state index contributed by atoms with van der Waals surface area (Å²) in [4.78, 5) is 3.55. The number of pyridine rings is 1. The van der Waals surface area contributed by atoms with Gasteiger partial charge in [-0.15, -0.1) is 0 Å². The molecule has 0 fully saturated rings. The van der Waals surface area contributed by atoms with Gasteiger partial charge < -0.3 is 5.32 Å². The van der Waals surface area contributed by atoms with Gasteiger partial charge in [0.25, 0.3) is 0 Å². The average Bonchev–Trinajstić information content (AvgIpc) is 2.27. The number of rotatable bonds is 4. The number of sulfonamides is 1. The number of nitrogens with zero attached hydrogens (tertiary/aromatic N) is 2. The molecule has 0 unspecified atom stereocenters. The second-order valence-electron chi connectivity index (χ2n) is 3.50. The van der Waals surface area contributed by atoms with E-state index in [9.17, 15) is 21.6 Å². The Bertz CT molecular complexity index is 516.